The minimum Gasteiger partial charge on any atom is -0.493 e. The predicted octanol–water partition coefficient (Wildman–Crippen LogP) is 2.17. The maximum Gasteiger partial charge on any atom is 0.387 e. The van der Waals surface area contributed by atoms with Gasteiger partial charge in [-0.05, 0) is 31.0 Å². The molecule has 0 saturated carbocycles. The van der Waals surface area contributed by atoms with Gasteiger partial charge in [0.05, 0.1) is 19.8 Å². The molecule has 6 nitrogen and oxygen atoms in total. The van der Waals surface area contributed by atoms with Crippen LogP contribution in [0.15, 0.2) is 18.2 Å². The highest BCUT2D eigenvalue weighted by Crippen LogP contribution is 2.29. The third kappa shape index (κ3) is 7.14. The van der Waals surface area contributed by atoms with Crippen LogP contribution in [0.5, 0.6) is 11.5 Å². The summed E-state index contributed by atoms with van der Waals surface area (Å²) in [6.45, 7) is -0.336. The number of carbonyl (C=O) groups excluding carboxylic acids is 1. The highest BCUT2D eigenvalue weighted by Gasteiger charge is 2.11. The largest absolute Gasteiger partial charge is 0.493 e. The van der Waals surface area contributed by atoms with E-state index in [2.05, 4.69) is 15.4 Å². The molecule has 8 heteroatoms. The molecule has 0 fully saturated rings. The van der Waals surface area contributed by atoms with Crippen LogP contribution in [0.1, 0.15) is 12.5 Å². The summed E-state index contributed by atoms with van der Waals surface area (Å²) in [4.78, 5) is 11.6. The van der Waals surface area contributed by atoms with E-state index >= 15 is 0 Å². The number of alkyl halides is 2. The molecule has 1 aromatic carbocycles. The van der Waals surface area contributed by atoms with E-state index in [0.717, 1.165) is 5.56 Å². The first kappa shape index (κ1) is 19.0. The normalized spacial score (nSPS) is 11.9. The summed E-state index contributed by atoms with van der Waals surface area (Å²) in [7, 11) is 2.93. The first-order valence-corrected chi connectivity index (χ1v) is 7.11. The Balaban J connectivity index is 2.50. The van der Waals surface area contributed by atoms with Crippen LogP contribution >= 0.6 is 0 Å². The number of hydrogen-bond acceptors (Lipinski definition) is 4. The second-order valence-corrected chi connectivity index (χ2v) is 4.87. The SMILES string of the molecule is COC[C@@H](C)NC(=O)NCCc1ccc(OC)c(OC(F)F)c1. The van der Waals surface area contributed by atoms with Crippen molar-refractivity contribution in [2.75, 3.05) is 27.4 Å². The highest BCUT2D eigenvalue weighted by molar-refractivity contribution is 5.74. The van der Waals surface area contributed by atoms with Crippen LogP contribution in [0.4, 0.5) is 13.6 Å². The Morgan fingerprint density at radius 2 is 2.00 bits per heavy atom. The zero-order valence-corrected chi connectivity index (χ0v) is 13.4. The molecule has 130 valence electrons. The molecule has 0 saturated heterocycles. The molecule has 0 aliphatic carbocycles. The van der Waals surface area contributed by atoms with Gasteiger partial charge in [0.2, 0.25) is 0 Å². The fraction of sp³-hybridized carbons (Fsp3) is 0.533. The average molecular weight is 332 g/mol. The van der Waals surface area contributed by atoms with E-state index in [1.165, 1.54) is 13.2 Å². The van der Waals surface area contributed by atoms with Gasteiger partial charge in [0.15, 0.2) is 11.5 Å². The van der Waals surface area contributed by atoms with Gasteiger partial charge in [-0.25, -0.2) is 4.79 Å². The first-order chi connectivity index (χ1) is 11.0. The number of nitrogens with one attached hydrogen (secondary N) is 2. The average Bonchev–Trinajstić information content (AvgIpc) is 2.47. The lowest BCUT2D eigenvalue weighted by molar-refractivity contribution is -0.0512. The second kappa shape index (κ2) is 9.83. The Bertz CT molecular complexity index is 500. The number of rotatable bonds is 9. The Labute approximate surface area is 134 Å². The summed E-state index contributed by atoms with van der Waals surface area (Å²) < 4.78 is 39.0. The van der Waals surface area contributed by atoms with Gasteiger partial charge >= 0.3 is 12.6 Å². The molecule has 0 radical (unpaired) electrons. The molecule has 1 rings (SSSR count). The standard InChI is InChI=1S/C15H22F2N2O4/c1-10(9-21-2)19-15(20)18-7-6-11-4-5-12(22-3)13(8-11)23-14(16)17/h4-5,8,10,14H,6-7,9H2,1-3H3,(H2,18,19,20)/t10-/m1/s1. The van der Waals surface area contributed by atoms with Crippen molar-refractivity contribution in [1.82, 2.24) is 10.6 Å². The van der Waals surface area contributed by atoms with Crippen LogP contribution in [-0.4, -0.2) is 46.1 Å². The smallest absolute Gasteiger partial charge is 0.387 e. The molecule has 1 atom stereocenters. The fourth-order valence-electron chi connectivity index (χ4n) is 1.95. The number of benzene rings is 1. The van der Waals surface area contributed by atoms with Gasteiger partial charge in [0.1, 0.15) is 0 Å². The van der Waals surface area contributed by atoms with Crippen LogP contribution in [0.3, 0.4) is 0 Å². The molecule has 0 aliphatic heterocycles. The Kier molecular flexibility index (Phi) is 8.10. The maximum absolute atomic E-state index is 12.4. The Morgan fingerprint density at radius 3 is 2.61 bits per heavy atom. The second-order valence-electron chi connectivity index (χ2n) is 4.87. The van der Waals surface area contributed by atoms with Crippen molar-refractivity contribution in [3.8, 4) is 11.5 Å². The van der Waals surface area contributed by atoms with Crippen molar-refractivity contribution in [2.24, 2.45) is 0 Å². The van der Waals surface area contributed by atoms with E-state index in [9.17, 15) is 13.6 Å². The first-order valence-electron chi connectivity index (χ1n) is 7.11. The van der Waals surface area contributed by atoms with Gasteiger partial charge in [0, 0.05) is 13.7 Å². The zero-order valence-electron chi connectivity index (χ0n) is 13.4. The maximum atomic E-state index is 12.4. The molecule has 2 amide bonds. The van der Waals surface area contributed by atoms with E-state index in [0.29, 0.717) is 19.6 Å². The number of halogens is 2. The van der Waals surface area contributed by atoms with E-state index in [1.54, 1.807) is 19.2 Å². The van der Waals surface area contributed by atoms with Gasteiger partial charge in [-0.2, -0.15) is 8.78 Å². The van der Waals surface area contributed by atoms with Crippen molar-refractivity contribution in [3.63, 3.8) is 0 Å². The summed E-state index contributed by atoms with van der Waals surface area (Å²) in [5.74, 6) is 0.200. The van der Waals surface area contributed by atoms with E-state index in [-0.39, 0.29) is 23.6 Å². The van der Waals surface area contributed by atoms with Gasteiger partial charge < -0.3 is 24.8 Å². The monoisotopic (exact) mass is 332 g/mol. The molecule has 0 aromatic heterocycles. The number of methoxy groups -OCH3 is 2. The Morgan fingerprint density at radius 1 is 1.26 bits per heavy atom. The molecular formula is C15H22F2N2O4. The third-order valence-electron chi connectivity index (χ3n) is 2.94. The van der Waals surface area contributed by atoms with Gasteiger partial charge in [-0.1, -0.05) is 6.07 Å². The zero-order chi connectivity index (χ0) is 17.2. The van der Waals surface area contributed by atoms with Crippen molar-refractivity contribution < 1.29 is 27.8 Å². The number of ether oxygens (including phenoxy) is 3. The minimum atomic E-state index is -2.93. The number of amides is 2. The summed E-state index contributed by atoms with van der Waals surface area (Å²) in [6, 6.07) is 4.33. The van der Waals surface area contributed by atoms with Crippen molar-refractivity contribution in [2.45, 2.75) is 26.0 Å². The lowest BCUT2D eigenvalue weighted by Gasteiger charge is -2.14. The number of urea groups is 1. The molecular weight excluding hydrogens is 310 g/mol. The molecule has 1 aromatic rings. The topological polar surface area (TPSA) is 68.8 Å². The van der Waals surface area contributed by atoms with Crippen molar-refractivity contribution >= 4 is 6.03 Å². The minimum absolute atomic E-state index is 0.0295. The molecule has 2 N–H and O–H groups in total. The summed E-state index contributed by atoms with van der Waals surface area (Å²) in [5.41, 5.74) is 0.742. The number of hydrogen-bond donors (Lipinski definition) is 2. The third-order valence-corrected chi connectivity index (χ3v) is 2.94. The van der Waals surface area contributed by atoms with Gasteiger partial charge in [-0.3, -0.25) is 0 Å². The van der Waals surface area contributed by atoms with Crippen LogP contribution in [-0.2, 0) is 11.2 Å². The lowest BCUT2D eigenvalue weighted by atomic mass is 10.1. The number of carbonyl (C=O) groups is 1. The van der Waals surface area contributed by atoms with E-state index in [1.807, 2.05) is 6.92 Å². The van der Waals surface area contributed by atoms with Gasteiger partial charge in [0.25, 0.3) is 0 Å². The van der Waals surface area contributed by atoms with Crippen LogP contribution < -0.4 is 20.1 Å². The predicted molar refractivity (Wildman–Crippen MR) is 81.2 cm³/mol. The van der Waals surface area contributed by atoms with Crippen LogP contribution in [0.2, 0.25) is 0 Å². The quantitative estimate of drug-likeness (QED) is 0.727. The molecule has 0 aliphatic rings. The summed E-state index contributed by atoms with van der Waals surface area (Å²) in [5, 5.41) is 5.39. The van der Waals surface area contributed by atoms with Gasteiger partial charge in [-0.15, -0.1) is 0 Å². The van der Waals surface area contributed by atoms with Crippen molar-refractivity contribution in [3.05, 3.63) is 23.8 Å². The molecule has 0 heterocycles. The summed E-state index contributed by atoms with van der Waals surface area (Å²) in [6.07, 6.45) is 0.468. The molecule has 0 spiro atoms. The molecule has 0 bridgehead atoms. The Hall–Kier alpha value is -2.09. The van der Waals surface area contributed by atoms with E-state index < -0.39 is 6.61 Å². The van der Waals surface area contributed by atoms with Crippen LogP contribution in [0.25, 0.3) is 0 Å². The van der Waals surface area contributed by atoms with Crippen molar-refractivity contribution in [1.29, 1.82) is 0 Å². The molecule has 0 unspecified atom stereocenters. The fourth-order valence-corrected chi connectivity index (χ4v) is 1.95. The highest BCUT2D eigenvalue weighted by atomic mass is 19.3. The lowest BCUT2D eigenvalue weighted by Crippen LogP contribution is -2.43. The molecule has 23 heavy (non-hydrogen) atoms. The van der Waals surface area contributed by atoms with E-state index in [4.69, 9.17) is 9.47 Å². The summed E-state index contributed by atoms with van der Waals surface area (Å²) >= 11 is 0. The van der Waals surface area contributed by atoms with Crippen LogP contribution in [0, 0.1) is 0 Å².